The van der Waals surface area contributed by atoms with Crippen molar-refractivity contribution < 1.29 is 14.3 Å². The molecule has 3 unspecified atom stereocenters. The lowest BCUT2D eigenvalue weighted by molar-refractivity contribution is -0.115. The predicted molar refractivity (Wildman–Crippen MR) is 140 cm³/mol. The number of anilines is 1. The third-order valence-electron chi connectivity index (χ3n) is 6.49. The van der Waals surface area contributed by atoms with Crippen molar-refractivity contribution in [2.75, 3.05) is 19.0 Å². The Bertz CT molecular complexity index is 1130. The highest BCUT2D eigenvalue weighted by molar-refractivity contribution is 8.00. The van der Waals surface area contributed by atoms with Crippen molar-refractivity contribution in [1.82, 2.24) is 14.8 Å². The second-order valence-electron chi connectivity index (χ2n) is 8.93. The molecule has 0 bridgehead atoms. The van der Waals surface area contributed by atoms with E-state index >= 15 is 0 Å². The first-order chi connectivity index (χ1) is 17.0. The number of carbonyl (C=O) groups is 1. The Labute approximate surface area is 211 Å². The molecule has 186 valence electrons. The fourth-order valence-electron chi connectivity index (χ4n) is 4.19. The maximum absolute atomic E-state index is 13.2. The van der Waals surface area contributed by atoms with Gasteiger partial charge in [-0.3, -0.25) is 9.36 Å². The minimum Gasteiger partial charge on any atom is -0.497 e. The summed E-state index contributed by atoms with van der Waals surface area (Å²) < 4.78 is 13.3. The largest absolute Gasteiger partial charge is 0.497 e. The molecule has 2 heterocycles. The fourth-order valence-corrected chi connectivity index (χ4v) is 5.05. The van der Waals surface area contributed by atoms with E-state index < -0.39 is 0 Å². The van der Waals surface area contributed by atoms with Gasteiger partial charge in [-0.05, 0) is 68.0 Å². The number of benzene rings is 2. The smallest absolute Gasteiger partial charge is 0.237 e. The molecule has 1 aromatic heterocycles. The van der Waals surface area contributed by atoms with E-state index in [1.165, 1.54) is 11.8 Å². The van der Waals surface area contributed by atoms with Crippen molar-refractivity contribution in [2.24, 2.45) is 0 Å². The van der Waals surface area contributed by atoms with Crippen LogP contribution >= 0.6 is 11.8 Å². The van der Waals surface area contributed by atoms with Crippen LogP contribution in [0.2, 0.25) is 0 Å². The molecule has 0 spiro atoms. The summed E-state index contributed by atoms with van der Waals surface area (Å²) in [5.41, 5.74) is 2.98. The summed E-state index contributed by atoms with van der Waals surface area (Å²) in [5, 5.41) is 12.5. The number of nitrogens with zero attached hydrogens (tertiary/aromatic N) is 3. The summed E-state index contributed by atoms with van der Waals surface area (Å²) in [6, 6.07) is 15.8. The topological polar surface area (TPSA) is 78.3 Å². The van der Waals surface area contributed by atoms with Gasteiger partial charge in [0, 0.05) is 17.9 Å². The molecule has 0 aliphatic carbocycles. The average molecular weight is 495 g/mol. The zero-order chi connectivity index (χ0) is 24.8. The van der Waals surface area contributed by atoms with Crippen LogP contribution in [0, 0.1) is 0 Å². The standard InChI is InChI=1S/C27H34N4O3S/c1-5-18(2)23-10-6-7-11-24(23)28-26(32)19(3)35-27-30-29-25(20-12-14-21(33-4)15-13-20)31(27)17-22-9-8-16-34-22/h6-7,10-15,18-19,22H,5,8-9,16-17H2,1-4H3,(H,28,32). The highest BCUT2D eigenvalue weighted by Gasteiger charge is 2.25. The number of hydrogen-bond donors (Lipinski definition) is 1. The number of aromatic nitrogens is 3. The highest BCUT2D eigenvalue weighted by Crippen LogP contribution is 2.31. The van der Waals surface area contributed by atoms with Crippen molar-refractivity contribution in [3.63, 3.8) is 0 Å². The molecule has 8 heteroatoms. The Morgan fingerprint density at radius 3 is 2.66 bits per heavy atom. The van der Waals surface area contributed by atoms with E-state index in [-0.39, 0.29) is 17.3 Å². The Balaban J connectivity index is 1.54. The first-order valence-electron chi connectivity index (χ1n) is 12.3. The lowest BCUT2D eigenvalue weighted by atomic mass is 9.97. The van der Waals surface area contributed by atoms with Gasteiger partial charge in [0.15, 0.2) is 11.0 Å². The molecule has 1 N–H and O–H groups in total. The normalized spacial score (nSPS) is 17.2. The van der Waals surface area contributed by atoms with Gasteiger partial charge in [-0.15, -0.1) is 10.2 Å². The lowest BCUT2D eigenvalue weighted by Crippen LogP contribution is -2.24. The third-order valence-corrected chi connectivity index (χ3v) is 7.57. The van der Waals surface area contributed by atoms with Crippen LogP contribution in [0.25, 0.3) is 11.4 Å². The molecule has 35 heavy (non-hydrogen) atoms. The molecule has 0 saturated carbocycles. The second-order valence-corrected chi connectivity index (χ2v) is 10.2. The van der Waals surface area contributed by atoms with Gasteiger partial charge in [0.05, 0.1) is 25.0 Å². The van der Waals surface area contributed by atoms with E-state index in [0.717, 1.165) is 54.3 Å². The van der Waals surface area contributed by atoms with Crippen LogP contribution in [0.15, 0.2) is 53.7 Å². The average Bonchev–Trinajstić information content (AvgIpc) is 3.54. The monoisotopic (exact) mass is 494 g/mol. The summed E-state index contributed by atoms with van der Waals surface area (Å²) in [6.07, 6.45) is 3.19. The van der Waals surface area contributed by atoms with Crippen molar-refractivity contribution in [3.8, 4) is 17.1 Å². The SMILES string of the molecule is CCC(C)c1ccccc1NC(=O)C(C)Sc1nnc(-c2ccc(OC)cc2)n1CC1CCCO1. The number of methoxy groups -OCH3 is 1. The zero-order valence-corrected chi connectivity index (χ0v) is 21.7. The predicted octanol–water partition coefficient (Wildman–Crippen LogP) is 5.77. The lowest BCUT2D eigenvalue weighted by Gasteiger charge is -2.18. The van der Waals surface area contributed by atoms with Gasteiger partial charge in [-0.25, -0.2) is 0 Å². The number of thioether (sulfide) groups is 1. The maximum atomic E-state index is 13.2. The molecule has 4 rings (SSSR count). The Morgan fingerprint density at radius 2 is 1.97 bits per heavy atom. The summed E-state index contributed by atoms with van der Waals surface area (Å²) >= 11 is 1.42. The first kappa shape index (κ1) is 25.3. The summed E-state index contributed by atoms with van der Waals surface area (Å²) in [7, 11) is 1.65. The van der Waals surface area contributed by atoms with Crippen molar-refractivity contribution in [3.05, 3.63) is 54.1 Å². The van der Waals surface area contributed by atoms with Crippen LogP contribution in [0.1, 0.15) is 51.5 Å². The number of ether oxygens (including phenoxy) is 2. The maximum Gasteiger partial charge on any atom is 0.237 e. The van der Waals surface area contributed by atoms with E-state index in [1.54, 1.807) is 7.11 Å². The van der Waals surface area contributed by atoms with Gasteiger partial charge in [0.1, 0.15) is 5.75 Å². The molecular weight excluding hydrogens is 460 g/mol. The van der Waals surface area contributed by atoms with Crippen molar-refractivity contribution in [1.29, 1.82) is 0 Å². The van der Waals surface area contributed by atoms with Crippen LogP contribution in [-0.2, 0) is 16.1 Å². The van der Waals surface area contributed by atoms with E-state index in [1.807, 2.05) is 49.4 Å². The highest BCUT2D eigenvalue weighted by atomic mass is 32.2. The van der Waals surface area contributed by atoms with Gasteiger partial charge >= 0.3 is 0 Å². The number of rotatable bonds is 10. The molecule has 1 amide bonds. The van der Waals surface area contributed by atoms with Crippen LogP contribution in [0.5, 0.6) is 5.75 Å². The number of amides is 1. The Kier molecular flexibility index (Phi) is 8.46. The molecule has 1 saturated heterocycles. The summed E-state index contributed by atoms with van der Waals surface area (Å²) in [5.74, 6) is 1.87. The van der Waals surface area contributed by atoms with Crippen molar-refractivity contribution in [2.45, 2.75) is 69.0 Å². The Morgan fingerprint density at radius 1 is 1.20 bits per heavy atom. The zero-order valence-electron chi connectivity index (χ0n) is 20.9. The minimum absolute atomic E-state index is 0.0524. The van der Waals surface area contributed by atoms with Crippen LogP contribution in [-0.4, -0.2) is 45.7 Å². The number of hydrogen-bond acceptors (Lipinski definition) is 6. The van der Waals surface area contributed by atoms with E-state index in [0.29, 0.717) is 17.6 Å². The number of nitrogens with one attached hydrogen (secondary N) is 1. The van der Waals surface area contributed by atoms with Gasteiger partial charge in [-0.2, -0.15) is 0 Å². The molecule has 3 aromatic rings. The molecule has 0 radical (unpaired) electrons. The van der Waals surface area contributed by atoms with E-state index in [9.17, 15) is 4.79 Å². The van der Waals surface area contributed by atoms with E-state index in [4.69, 9.17) is 9.47 Å². The molecule has 1 fully saturated rings. The minimum atomic E-state index is -0.351. The van der Waals surface area contributed by atoms with Gasteiger partial charge in [0.25, 0.3) is 0 Å². The second kappa shape index (κ2) is 11.7. The number of para-hydroxylation sites is 1. The third kappa shape index (κ3) is 6.05. The van der Waals surface area contributed by atoms with E-state index in [2.05, 4.69) is 40.0 Å². The molecule has 2 aromatic carbocycles. The molecular formula is C27H34N4O3S. The van der Waals surface area contributed by atoms with Crippen LogP contribution in [0.3, 0.4) is 0 Å². The fraction of sp³-hybridized carbons (Fsp3) is 0.444. The quantitative estimate of drug-likeness (QED) is 0.361. The van der Waals surface area contributed by atoms with Crippen LogP contribution < -0.4 is 10.1 Å². The van der Waals surface area contributed by atoms with Gasteiger partial charge in [-0.1, -0.05) is 43.8 Å². The first-order valence-corrected chi connectivity index (χ1v) is 13.1. The van der Waals surface area contributed by atoms with Gasteiger partial charge in [0.2, 0.25) is 5.91 Å². The number of carbonyl (C=O) groups excluding carboxylic acids is 1. The molecule has 1 aliphatic heterocycles. The molecule has 7 nitrogen and oxygen atoms in total. The Hall–Kier alpha value is -2.84. The van der Waals surface area contributed by atoms with Crippen molar-refractivity contribution >= 4 is 23.4 Å². The molecule has 1 aliphatic rings. The summed E-state index contributed by atoms with van der Waals surface area (Å²) in [6.45, 7) is 7.67. The van der Waals surface area contributed by atoms with Crippen LogP contribution in [0.4, 0.5) is 5.69 Å². The molecule has 3 atom stereocenters. The van der Waals surface area contributed by atoms with Gasteiger partial charge < -0.3 is 14.8 Å². The summed E-state index contributed by atoms with van der Waals surface area (Å²) in [4.78, 5) is 13.2.